The molecule has 4 aromatic rings. The van der Waals surface area contributed by atoms with Gasteiger partial charge in [0.25, 0.3) is 5.91 Å². The molecular weight excluding hydrogens is 392 g/mol. The van der Waals surface area contributed by atoms with Gasteiger partial charge in [0.2, 0.25) is 5.91 Å². The summed E-state index contributed by atoms with van der Waals surface area (Å²) in [6.45, 7) is 2.29. The second-order valence-corrected chi connectivity index (χ2v) is 7.39. The molecule has 0 saturated heterocycles. The molecule has 0 fully saturated rings. The first-order chi connectivity index (χ1) is 15.1. The lowest BCUT2D eigenvalue weighted by Crippen LogP contribution is -2.39. The third-order valence-electron chi connectivity index (χ3n) is 5.54. The molecule has 2 amide bonds. The van der Waals surface area contributed by atoms with Gasteiger partial charge in [0.05, 0.1) is 23.4 Å². The monoisotopic (exact) mass is 412 g/mol. The summed E-state index contributed by atoms with van der Waals surface area (Å²) in [5, 5.41) is 11.9. The van der Waals surface area contributed by atoms with Crippen molar-refractivity contribution in [3.05, 3.63) is 77.7 Å². The number of hydrogen-bond donors (Lipinski definition) is 1. The molecule has 1 N–H and O–H groups in total. The highest BCUT2D eigenvalue weighted by Gasteiger charge is 2.25. The number of pyridine rings is 1. The van der Waals surface area contributed by atoms with Crippen LogP contribution in [-0.2, 0) is 11.2 Å². The maximum absolute atomic E-state index is 12.7. The van der Waals surface area contributed by atoms with Gasteiger partial charge in [-0.2, -0.15) is 0 Å². The van der Waals surface area contributed by atoms with Gasteiger partial charge in [-0.25, -0.2) is 4.68 Å². The molecule has 3 heterocycles. The zero-order valence-electron chi connectivity index (χ0n) is 16.9. The summed E-state index contributed by atoms with van der Waals surface area (Å²) >= 11 is 0. The number of nitrogens with one attached hydrogen (secondary N) is 1. The number of para-hydroxylation sites is 2. The average molecular weight is 412 g/mol. The summed E-state index contributed by atoms with van der Waals surface area (Å²) in [5.74, 6) is -0.584. The summed E-state index contributed by atoms with van der Waals surface area (Å²) in [6, 6.07) is 17.4. The van der Waals surface area contributed by atoms with Crippen molar-refractivity contribution in [3.63, 3.8) is 0 Å². The minimum absolute atomic E-state index is 0.102. The van der Waals surface area contributed by atoms with E-state index >= 15 is 0 Å². The van der Waals surface area contributed by atoms with Gasteiger partial charge in [0.15, 0.2) is 5.69 Å². The lowest BCUT2D eigenvalue weighted by molar-refractivity contribution is -0.117. The second-order valence-electron chi connectivity index (χ2n) is 7.39. The van der Waals surface area contributed by atoms with E-state index in [2.05, 4.69) is 20.6 Å². The first-order valence-electron chi connectivity index (χ1n) is 10.1. The Morgan fingerprint density at radius 1 is 1.03 bits per heavy atom. The van der Waals surface area contributed by atoms with Crippen LogP contribution in [-0.4, -0.2) is 44.9 Å². The number of carbonyl (C=O) groups excluding carboxylic acids is 2. The van der Waals surface area contributed by atoms with Crippen LogP contribution in [0.15, 0.2) is 60.8 Å². The molecule has 0 bridgehead atoms. The summed E-state index contributed by atoms with van der Waals surface area (Å²) in [7, 11) is 0. The molecule has 0 unspecified atom stereocenters. The standard InChI is InChI=1S/C23H20N6O2/c1-15-21(26-27-29(15)19-10-4-7-17-8-5-12-24-22(17)19)23(31)25-14-20(30)28-13-11-16-6-2-3-9-18(16)28/h2-10,12H,11,13-14H2,1H3,(H,25,31). The minimum Gasteiger partial charge on any atom is -0.341 e. The van der Waals surface area contributed by atoms with E-state index in [1.165, 1.54) is 0 Å². The summed E-state index contributed by atoms with van der Waals surface area (Å²) in [6.07, 6.45) is 2.54. The third-order valence-corrected chi connectivity index (χ3v) is 5.54. The molecule has 31 heavy (non-hydrogen) atoms. The fourth-order valence-electron chi connectivity index (χ4n) is 3.96. The molecule has 0 atom stereocenters. The van der Waals surface area contributed by atoms with E-state index < -0.39 is 5.91 Å². The third kappa shape index (κ3) is 3.31. The van der Waals surface area contributed by atoms with Crippen LogP contribution in [0.3, 0.4) is 0 Å². The van der Waals surface area contributed by atoms with E-state index in [0.717, 1.165) is 34.3 Å². The highest BCUT2D eigenvalue weighted by molar-refractivity contribution is 6.01. The zero-order valence-corrected chi connectivity index (χ0v) is 16.9. The lowest BCUT2D eigenvalue weighted by atomic mass is 10.2. The van der Waals surface area contributed by atoms with Crippen LogP contribution in [0.25, 0.3) is 16.6 Å². The Hall–Kier alpha value is -4.07. The number of amides is 2. The largest absolute Gasteiger partial charge is 0.341 e. The van der Waals surface area contributed by atoms with Gasteiger partial charge in [-0.15, -0.1) is 5.10 Å². The van der Waals surface area contributed by atoms with Gasteiger partial charge in [-0.05, 0) is 37.1 Å². The number of aromatic nitrogens is 4. The second kappa shape index (κ2) is 7.64. The highest BCUT2D eigenvalue weighted by atomic mass is 16.2. The van der Waals surface area contributed by atoms with Crippen LogP contribution in [0.2, 0.25) is 0 Å². The number of fused-ring (bicyclic) bond motifs is 2. The van der Waals surface area contributed by atoms with Gasteiger partial charge in [-0.1, -0.05) is 41.6 Å². The molecule has 0 aliphatic carbocycles. The van der Waals surface area contributed by atoms with E-state index in [1.807, 2.05) is 54.6 Å². The maximum Gasteiger partial charge on any atom is 0.274 e. The Bertz CT molecular complexity index is 1310. The van der Waals surface area contributed by atoms with E-state index in [1.54, 1.807) is 22.7 Å². The van der Waals surface area contributed by atoms with Gasteiger partial charge in [0, 0.05) is 23.8 Å². The van der Waals surface area contributed by atoms with Crippen molar-refractivity contribution in [2.75, 3.05) is 18.0 Å². The van der Waals surface area contributed by atoms with Crippen molar-refractivity contribution in [1.82, 2.24) is 25.3 Å². The number of nitrogens with zero attached hydrogens (tertiary/aromatic N) is 5. The Morgan fingerprint density at radius 2 is 1.84 bits per heavy atom. The Kier molecular flexibility index (Phi) is 4.66. The molecule has 0 radical (unpaired) electrons. The summed E-state index contributed by atoms with van der Waals surface area (Å²) in [5.41, 5.74) is 4.33. The van der Waals surface area contributed by atoms with Crippen molar-refractivity contribution in [2.24, 2.45) is 0 Å². The van der Waals surface area contributed by atoms with Crippen molar-refractivity contribution in [2.45, 2.75) is 13.3 Å². The topological polar surface area (TPSA) is 93.0 Å². The van der Waals surface area contributed by atoms with E-state index in [-0.39, 0.29) is 18.1 Å². The quantitative estimate of drug-likeness (QED) is 0.556. The molecular formula is C23H20N6O2. The number of carbonyl (C=O) groups is 2. The van der Waals surface area contributed by atoms with E-state index in [4.69, 9.17) is 0 Å². The van der Waals surface area contributed by atoms with Crippen LogP contribution < -0.4 is 10.2 Å². The molecule has 154 valence electrons. The number of rotatable bonds is 4. The van der Waals surface area contributed by atoms with Gasteiger partial charge in [-0.3, -0.25) is 14.6 Å². The number of hydrogen-bond acceptors (Lipinski definition) is 5. The normalized spacial score (nSPS) is 12.7. The molecule has 0 saturated carbocycles. The van der Waals surface area contributed by atoms with Crippen LogP contribution in [0.4, 0.5) is 5.69 Å². The summed E-state index contributed by atoms with van der Waals surface area (Å²) in [4.78, 5) is 31.5. The van der Waals surface area contributed by atoms with Crippen LogP contribution in [0.1, 0.15) is 21.7 Å². The molecule has 5 rings (SSSR count). The first-order valence-corrected chi connectivity index (χ1v) is 10.1. The summed E-state index contributed by atoms with van der Waals surface area (Å²) < 4.78 is 1.60. The molecule has 1 aliphatic heterocycles. The predicted molar refractivity (Wildman–Crippen MR) is 116 cm³/mol. The minimum atomic E-state index is -0.433. The van der Waals surface area contributed by atoms with Gasteiger partial charge < -0.3 is 10.2 Å². The van der Waals surface area contributed by atoms with Crippen molar-refractivity contribution in [3.8, 4) is 5.69 Å². The van der Waals surface area contributed by atoms with Gasteiger partial charge in [0.1, 0.15) is 0 Å². The van der Waals surface area contributed by atoms with Crippen molar-refractivity contribution in [1.29, 1.82) is 0 Å². The Balaban J connectivity index is 1.33. The lowest BCUT2D eigenvalue weighted by Gasteiger charge is -2.17. The van der Waals surface area contributed by atoms with Crippen molar-refractivity contribution >= 4 is 28.4 Å². The fraction of sp³-hybridized carbons (Fsp3) is 0.174. The number of anilines is 1. The molecule has 8 heteroatoms. The maximum atomic E-state index is 12.7. The predicted octanol–water partition coefficient (Wildman–Crippen LogP) is 2.44. The Labute approximate surface area is 178 Å². The van der Waals surface area contributed by atoms with Gasteiger partial charge >= 0.3 is 0 Å². The highest BCUT2D eigenvalue weighted by Crippen LogP contribution is 2.27. The average Bonchev–Trinajstić information content (AvgIpc) is 3.40. The molecule has 0 spiro atoms. The van der Waals surface area contributed by atoms with Crippen molar-refractivity contribution < 1.29 is 9.59 Å². The molecule has 8 nitrogen and oxygen atoms in total. The number of benzene rings is 2. The zero-order chi connectivity index (χ0) is 21.4. The smallest absolute Gasteiger partial charge is 0.274 e. The van der Waals surface area contributed by atoms with Crippen LogP contribution in [0, 0.1) is 6.92 Å². The molecule has 1 aliphatic rings. The molecule has 2 aromatic heterocycles. The van der Waals surface area contributed by atoms with Crippen LogP contribution >= 0.6 is 0 Å². The molecule has 2 aromatic carbocycles. The van der Waals surface area contributed by atoms with E-state index in [9.17, 15) is 9.59 Å². The fourth-order valence-corrected chi connectivity index (χ4v) is 3.96. The van der Waals surface area contributed by atoms with Crippen LogP contribution in [0.5, 0.6) is 0 Å². The SMILES string of the molecule is Cc1c(C(=O)NCC(=O)N2CCc3ccccc32)nnn1-c1cccc2cccnc12. The Morgan fingerprint density at radius 3 is 2.74 bits per heavy atom. The first kappa shape index (κ1) is 18.9. The van der Waals surface area contributed by atoms with E-state index in [0.29, 0.717) is 12.2 Å².